The lowest BCUT2D eigenvalue weighted by molar-refractivity contribution is 0.126. The summed E-state index contributed by atoms with van der Waals surface area (Å²) in [4.78, 5) is 15.7. The van der Waals surface area contributed by atoms with Gasteiger partial charge in [-0.2, -0.15) is 0 Å². The standard InChI is InChI=1S/C11H20N2O2/c1-8(2)12-4-9-6-13(11(14)15-3)7-10(9)5-12/h8-10H,4-7H2,1-3H3. The third kappa shape index (κ3) is 1.95. The van der Waals surface area contributed by atoms with E-state index in [4.69, 9.17) is 4.74 Å². The lowest BCUT2D eigenvalue weighted by Gasteiger charge is -2.23. The number of hydrogen-bond acceptors (Lipinski definition) is 3. The number of hydrogen-bond donors (Lipinski definition) is 0. The second-order valence-electron chi connectivity index (χ2n) is 4.94. The van der Waals surface area contributed by atoms with Gasteiger partial charge in [0.15, 0.2) is 0 Å². The van der Waals surface area contributed by atoms with Crippen LogP contribution in [0.4, 0.5) is 4.79 Å². The van der Waals surface area contributed by atoms with Gasteiger partial charge in [-0.05, 0) is 25.7 Å². The maximum atomic E-state index is 11.4. The van der Waals surface area contributed by atoms with E-state index < -0.39 is 0 Å². The summed E-state index contributed by atoms with van der Waals surface area (Å²) in [5.74, 6) is 1.32. The smallest absolute Gasteiger partial charge is 0.409 e. The number of fused-ring (bicyclic) bond motifs is 1. The van der Waals surface area contributed by atoms with E-state index in [9.17, 15) is 4.79 Å². The predicted octanol–water partition coefficient (Wildman–Crippen LogP) is 1.02. The fraction of sp³-hybridized carbons (Fsp3) is 0.909. The molecule has 0 bridgehead atoms. The normalized spacial score (nSPS) is 31.1. The molecule has 0 N–H and O–H groups in total. The van der Waals surface area contributed by atoms with Gasteiger partial charge in [0.25, 0.3) is 0 Å². The van der Waals surface area contributed by atoms with Gasteiger partial charge in [0.05, 0.1) is 7.11 Å². The minimum absolute atomic E-state index is 0.166. The number of nitrogens with zero attached hydrogens (tertiary/aromatic N) is 2. The van der Waals surface area contributed by atoms with E-state index >= 15 is 0 Å². The van der Waals surface area contributed by atoms with E-state index in [1.807, 2.05) is 4.90 Å². The Morgan fingerprint density at radius 2 is 1.73 bits per heavy atom. The van der Waals surface area contributed by atoms with Crippen LogP contribution in [-0.4, -0.2) is 55.2 Å². The number of rotatable bonds is 1. The third-order valence-corrected chi connectivity index (χ3v) is 3.68. The first-order valence-electron chi connectivity index (χ1n) is 5.68. The fourth-order valence-corrected chi connectivity index (χ4v) is 2.73. The first-order chi connectivity index (χ1) is 7.11. The highest BCUT2D eigenvalue weighted by atomic mass is 16.5. The molecule has 0 aromatic carbocycles. The van der Waals surface area contributed by atoms with Gasteiger partial charge < -0.3 is 14.5 Å². The van der Waals surface area contributed by atoms with E-state index in [-0.39, 0.29) is 6.09 Å². The van der Waals surface area contributed by atoms with Gasteiger partial charge in [0, 0.05) is 32.2 Å². The molecule has 86 valence electrons. The fourth-order valence-electron chi connectivity index (χ4n) is 2.73. The number of carbonyl (C=O) groups is 1. The SMILES string of the molecule is COC(=O)N1CC2CN(C(C)C)CC2C1. The molecule has 4 heteroatoms. The molecule has 2 fully saturated rings. The van der Waals surface area contributed by atoms with E-state index in [1.165, 1.54) is 7.11 Å². The average molecular weight is 212 g/mol. The Kier molecular flexibility index (Phi) is 2.87. The van der Waals surface area contributed by atoms with Gasteiger partial charge in [-0.3, -0.25) is 0 Å². The molecule has 2 rings (SSSR count). The van der Waals surface area contributed by atoms with Crippen molar-refractivity contribution in [1.82, 2.24) is 9.80 Å². The van der Waals surface area contributed by atoms with Crippen molar-refractivity contribution in [2.75, 3.05) is 33.3 Å². The lowest BCUT2D eigenvalue weighted by atomic mass is 10.0. The molecule has 0 radical (unpaired) electrons. The summed E-state index contributed by atoms with van der Waals surface area (Å²) >= 11 is 0. The summed E-state index contributed by atoms with van der Waals surface area (Å²) in [6.45, 7) is 8.49. The first kappa shape index (κ1) is 10.7. The number of carbonyl (C=O) groups excluding carboxylic acids is 1. The molecule has 4 nitrogen and oxygen atoms in total. The maximum absolute atomic E-state index is 11.4. The molecule has 2 aliphatic rings. The lowest BCUT2D eigenvalue weighted by Crippen LogP contribution is -2.35. The molecule has 0 aliphatic carbocycles. The van der Waals surface area contributed by atoms with Crippen molar-refractivity contribution in [2.45, 2.75) is 19.9 Å². The van der Waals surface area contributed by atoms with E-state index in [0.717, 1.165) is 26.2 Å². The zero-order chi connectivity index (χ0) is 11.0. The van der Waals surface area contributed by atoms with Gasteiger partial charge in [-0.15, -0.1) is 0 Å². The Balaban J connectivity index is 1.90. The van der Waals surface area contributed by atoms with E-state index in [1.54, 1.807) is 0 Å². The molecule has 2 atom stereocenters. The molecule has 0 spiro atoms. The summed E-state index contributed by atoms with van der Waals surface area (Å²) in [5, 5.41) is 0. The van der Waals surface area contributed by atoms with Crippen molar-refractivity contribution in [1.29, 1.82) is 0 Å². The van der Waals surface area contributed by atoms with Crippen LogP contribution in [0.1, 0.15) is 13.8 Å². The number of ether oxygens (including phenoxy) is 1. The van der Waals surface area contributed by atoms with Crippen LogP contribution in [-0.2, 0) is 4.74 Å². The van der Waals surface area contributed by atoms with Crippen LogP contribution in [0.5, 0.6) is 0 Å². The zero-order valence-corrected chi connectivity index (χ0v) is 9.77. The van der Waals surface area contributed by atoms with Crippen molar-refractivity contribution in [3.63, 3.8) is 0 Å². The molecule has 2 unspecified atom stereocenters. The van der Waals surface area contributed by atoms with E-state index in [0.29, 0.717) is 17.9 Å². The van der Waals surface area contributed by atoms with Crippen molar-refractivity contribution in [3.8, 4) is 0 Å². The summed E-state index contributed by atoms with van der Waals surface area (Å²) in [5.41, 5.74) is 0. The zero-order valence-electron chi connectivity index (χ0n) is 9.77. The minimum atomic E-state index is -0.166. The molecule has 2 aliphatic heterocycles. The quantitative estimate of drug-likeness (QED) is 0.650. The second-order valence-corrected chi connectivity index (χ2v) is 4.94. The summed E-state index contributed by atoms with van der Waals surface area (Å²) in [7, 11) is 1.46. The van der Waals surface area contributed by atoms with Crippen LogP contribution >= 0.6 is 0 Å². The Bertz CT molecular complexity index is 241. The number of likely N-dealkylation sites (tertiary alicyclic amines) is 2. The predicted molar refractivity (Wildman–Crippen MR) is 57.7 cm³/mol. The molecule has 0 saturated carbocycles. The van der Waals surface area contributed by atoms with Crippen LogP contribution in [0.15, 0.2) is 0 Å². The highest BCUT2D eigenvalue weighted by Crippen LogP contribution is 2.32. The first-order valence-corrected chi connectivity index (χ1v) is 5.68. The second kappa shape index (κ2) is 4.00. The van der Waals surface area contributed by atoms with Gasteiger partial charge in [0.1, 0.15) is 0 Å². The Morgan fingerprint density at radius 1 is 1.20 bits per heavy atom. The minimum Gasteiger partial charge on any atom is -0.453 e. The number of methoxy groups -OCH3 is 1. The van der Waals surface area contributed by atoms with Crippen LogP contribution in [0, 0.1) is 11.8 Å². The van der Waals surface area contributed by atoms with Gasteiger partial charge in [-0.1, -0.05) is 0 Å². The monoisotopic (exact) mass is 212 g/mol. The molecule has 2 heterocycles. The van der Waals surface area contributed by atoms with Crippen molar-refractivity contribution in [2.24, 2.45) is 11.8 Å². The van der Waals surface area contributed by atoms with Crippen LogP contribution in [0.3, 0.4) is 0 Å². The molecule has 0 aromatic heterocycles. The highest BCUT2D eigenvalue weighted by molar-refractivity contribution is 5.67. The average Bonchev–Trinajstić information content (AvgIpc) is 2.72. The molecule has 0 aromatic rings. The Hall–Kier alpha value is -0.770. The number of amides is 1. The molecular weight excluding hydrogens is 192 g/mol. The summed E-state index contributed by atoms with van der Waals surface area (Å²) in [6, 6.07) is 0.627. The van der Waals surface area contributed by atoms with Crippen LogP contribution in [0.2, 0.25) is 0 Å². The Morgan fingerprint density at radius 3 is 2.13 bits per heavy atom. The summed E-state index contributed by atoms with van der Waals surface area (Å²) < 4.78 is 4.75. The van der Waals surface area contributed by atoms with Crippen molar-refractivity contribution in [3.05, 3.63) is 0 Å². The van der Waals surface area contributed by atoms with Crippen LogP contribution in [0.25, 0.3) is 0 Å². The van der Waals surface area contributed by atoms with E-state index in [2.05, 4.69) is 18.7 Å². The van der Waals surface area contributed by atoms with Crippen molar-refractivity contribution >= 4 is 6.09 Å². The Labute approximate surface area is 91.2 Å². The molecule has 2 saturated heterocycles. The molecule has 15 heavy (non-hydrogen) atoms. The third-order valence-electron chi connectivity index (χ3n) is 3.68. The molecule has 1 amide bonds. The maximum Gasteiger partial charge on any atom is 0.409 e. The van der Waals surface area contributed by atoms with Crippen molar-refractivity contribution < 1.29 is 9.53 Å². The van der Waals surface area contributed by atoms with Gasteiger partial charge in [0.2, 0.25) is 0 Å². The summed E-state index contributed by atoms with van der Waals surface area (Å²) in [6.07, 6.45) is -0.166. The van der Waals surface area contributed by atoms with Gasteiger partial charge in [-0.25, -0.2) is 4.79 Å². The molecular formula is C11H20N2O2. The largest absolute Gasteiger partial charge is 0.453 e. The van der Waals surface area contributed by atoms with Gasteiger partial charge >= 0.3 is 6.09 Å². The highest BCUT2D eigenvalue weighted by Gasteiger charge is 2.42. The van der Waals surface area contributed by atoms with Crippen LogP contribution < -0.4 is 0 Å². The topological polar surface area (TPSA) is 32.8 Å².